The predicted molar refractivity (Wildman–Crippen MR) is 120 cm³/mol. The molecule has 0 aromatic carbocycles. The summed E-state index contributed by atoms with van der Waals surface area (Å²) in [6.07, 6.45) is 7.32. The van der Waals surface area contributed by atoms with Crippen molar-refractivity contribution >= 4 is 29.9 Å². The molecule has 1 N–H and O–H groups in total. The minimum Gasteiger partial charge on any atom is -0.356 e. The van der Waals surface area contributed by atoms with Crippen molar-refractivity contribution in [2.45, 2.75) is 52.0 Å². The summed E-state index contributed by atoms with van der Waals surface area (Å²) < 4.78 is 1.91. The van der Waals surface area contributed by atoms with Crippen LogP contribution in [0.3, 0.4) is 0 Å². The van der Waals surface area contributed by atoms with Crippen LogP contribution in [0.15, 0.2) is 11.2 Å². The molecule has 0 radical (unpaired) electrons. The van der Waals surface area contributed by atoms with Crippen molar-refractivity contribution in [1.82, 2.24) is 24.9 Å². The molecule has 0 saturated carbocycles. The van der Waals surface area contributed by atoms with Crippen LogP contribution in [-0.2, 0) is 13.6 Å². The average Bonchev–Trinajstić information content (AvgIpc) is 3.20. The second-order valence-electron chi connectivity index (χ2n) is 7.45. The van der Waals surface area contributed by atoms with Crippen LogP contribution in [0, 0.1) is 0 Å². The van der Waals surface area contributed by atoms with Gasteiger partial charge in [0, 0.05) is 46.0 Å². The van der Waals surface area contributed by atoms with E-state index < -0.39 is 0 Å². The highest BCUT2D eigenvalue weighted by Gasteiger charge is 2.15. The molecular weight excluding hydrogens is 439 g/mol. The van der Waals surface area contributed by atoms with Crippen molar-refractivity contribution in [2.24, 2.45) is 12.0 Å². The Labute approximate surface area is 176 Å². The fourth-order valence-electron chi connectivity index (χ4n) is 3.54. The van der Waals surface area contributed by atoms with Gasteiger partial charge in [-0.2, -0.15) is 5.10 Å². The molecule has 1 aromatic rings. The number of hydrogen-bond acceptors (Lipinski definition) is 3. The number of unbranched alkanes of at least 4 members (excludes halogenated alkanes) is 1. The number of nitrogens with zero attached hydrogens (tertiary/aromatic N) is 5. The Morgan fingerprint density at radius 3 is 2.62 bits per heavy atom. The molecule has 7 heteroatoms. The van der Waals surface area contributed by atoms with Crippen molar-refractivity contribution in [2.75, 3.05) is 40.3 Å². The van der Waals surface area contributed by atoms with Crippen molar-refractivity contribution in [3.8, 4) is 0 Å². The number of aromatic nitrogens is 2. The molecule has 150 valence electrons. The normalized spacial score (nSPS) is 15.4. The molecule has 2 rings (SSSR count). The van der Waals surface area contributed by atoms with E-state index in [9.17, 15) is 0 Å². The molecule has 26 heavy (non-hydrogen) atoms. The van der Waals surface area contributed by atoms with Gasteiger partial charge in [-0.25, -0.2) is 0 Å². The van der Waals surface area contributed by atoms with E-state index >= 15 is 0 Å². The van der Waals surface area contributed by atoms with Crippen LogP contribution in [0.25, 0.3) is 0 Å². The number of aliphatic imine (C=N–C) groups is 1. The minimum absolute atomic E-state index is 0. The zero-order valence-corrected chi connectivity index (χ0v) is 19.5. The van der Waals surface area contributed by atoms with Gasteiger partial charge in [0.05, 0.1) is 5.69 Å². The maximum atomic E-state index is 4.60. The molecule has 2 heterocycles. The van der Waals surface area contributed by atoms with Gasteiger partial charge in [-0.15, -0.1) is 24.0 Å². The van der Waals surface area contributed by atoms with E-state index in [2.05, 4.69) is 52.3 Å². The van der Waals surface area contributed by atoms with Crippen molar-refractivity contribution in [3.05, 3.63) is 17.5 Å². The van der Waals surface area contributed by atoms with Crippen LogP contribution in [0.5, 0.6) is 0 Å². The SMILES string of the molecule is CN=C(NCCCCN1CCCC1)N(C)Cc1cn(C)nc1C(C)C.I. The first-order valence-corrected chi connectivity index (χ1v) is 9.67. The van der Waals surface area contributed by atoms with Gasteiger partial charge in [0.25, 0.3) is 0 Å². The fraction of sp³-hybridized carbons (Fsp3) is 0.789. The third kappa shape index (κ3) is 7.06. The highest BCUT2D eigenvalue weighted by Crippen LogP contribution is 2.18. The second kappa shape index (κ2) is 11.8. The van der Waals surface area contributed by atoms with Gasteiger partial charge in [-0.1, -0.05) is 13.8 Å². The summed E-state index contributed by atoms with van der Waals surface area (Å²) in [5.74, 6) is 1.39. The van der Waals surface area contributed by atoms with Crippen LogP contribution in [-0.4, -0.2) is 65.8 Å². The van der Waals surface area contributed by atoms with Crippen LogP contribution >= 0.6 is 24.0 Å². The summed E-state index contributed by atoms with van der Waals surface area (Å²) in [4.78, 5) is 9.20. The first-order valence-electron chi connectivity index (χ1n) is 9.67. The monoisotopic (exact) mass is 476 g/mol. The molecule has 0 spiro atoms. The van der Waals surface area contributed by atoms with E-state index in [1.165, 1.54) is 56.6 Å². The number of nitrogens with one attached hydrogen (secondary N) is 1. The maximum absolute atomic E-state index is 4.60. The first-order chi connectivity index (χ1) is 12.0. The van der Waals surface area contributed by atoms with E-state index in [0.29, 0.717) is 5.92 Å². The van der Waals surface area contributed by atoms with E-state index in [1.807, 2.05) is 18.8 Å². The summed E-state index contributed by atoms with van der Waals surface area (Å²) in [5.41, 5.74) is 2.45. The number of rotatable bonds is 8. The molecular formula is C19H37IN6. The Bertz CT molecular complexity index is 548. The second-order valence-corrected chi connectivity index (χ2v) is 7.45. The standard InChI is InChI=1S/C19H36N6.HI/c1-16(2)18-17(15-24(5)22-18)14-23(4)19(20-3)21-10-6-7-11-25-12-8-9-13-25;/h15-16H,6-14H2,1-5H3,(H,20,21);1H. The molecule has 6 nitrogen and oxygen atoms in total. The molecule has 0 atom stereocenters. The smallest absolute Gasteiger partial charge is 0.193 e. The summed E-state index contributed by atoms with van der Waals surface area (Å²) in [6, 6.07) is 0. The topological polar surface area (TPSA) is 48.7 Å². The zero-order chi connectivity index (χ0) is 18.2. The predicted octanol–water partition coefficient (Wildman–Crippen LogP) is 3.04. The first kappa shape index (κ1) is 23.2. The van der Waals surface area contributed by atoms with Gasteiger partial charge < -0.3 is 15.1 Å². The Morgan fingerprint density at radius 1 is 1.31 bits per heavy atom. The summed E-state index contributed by atoms with van der Waals surface area (Å²) in [6.45, 7) is 10.0. The quantitative estimate of drug-likeness (QED) is 0.271. The lowest BCUT2D eigenvalue weighted by atomic mass is 10.1. The lowest BCUT2D eigenvalue weighted by molar-refractivity contribution is 0.330. The fourth-order valence-corrected chi connectivity index (χ4v) is 3.54. The number of likely N-dealkylation sites (tertiary alicyclic amines) is 1. The van der Waals surface area contributed by atoms with Crippen molar-refractivity contribution in [1.29, 1.82) is 0 Å². The van der Waals surface area contributed by atoms with Crippen LogP contribution in [0.4, 0.5) is 0 Å². The van der Waals surface area contributed by atoms with Crippen molar-refractivity contribution < 1.29 is 0 Å². The lowest BCUT2D eigenvalue weighted by Crippen LogP contribution is -2.39. The summed E-state index contributed by atoms with van der Waals surface area (Å²) in [7, 11) is 5.94. The van der Waals surface area contributed by atoms with Gasteiger partial charge in [0.1, 0.15) is 0 Å². The van der Waals surface area contributed by atoms with E-state index in [0.717, 1.165) is 19.0 Å². The molecule has 1 fully saturated rings. The molecule has 1 aliphatic heterocycles. The van der Waals surface area contributed by atoms with Crippen LogP contribution < -0.4 is 5.32 Å². The molecule has 0 bridgehead atoms. The Hall–Kier alpha value is -0.830. The number of aryl methyl sites for hydroxylation is 1. The van der Waals surface area contributed by atoms with Gasteiger partial charge in [-0.05, 0) is 51.2 Å². The molecule has 1 aliphatic rings. The average molecular weight is 476 g/mol. The Balaban J connectivity index is 0.00000338. The van der Waals surface area contributed by atoms with E-state index in [-0.39, 0.29) is 24.0 Å². The minimum atomic E-state index is 0. The third-order valence-corrected chi connectivity index (χ3v) is 4.85. The highest BCUT2D eigenvalue weighted by atomic mass is 127. The number of guanidine groups is 1. The van der Waals surface area contributed by atoms with Crippen molar-refractivity contribution in [3.63, 3.8) is 0 Å². The lowest BCUT2D eigenvalue weighted by Gasteiger charge is -2.22. The van der Waals surface area contributed by atoms with Gasteiger partial charge in [0.2, 0.25) is 0 Å². The number of hydrogen-bond donors (Lipinski definition) is 1. The van der Waals surface area contributed by atoms with Crippen LogP contribution in [0.2, 0.25) is 0 Å². The summed E-state index contributed by atoms with van der Waals surface area (Å²) >= 11 is 0. The van der Waals surface area contributed by atoms with Gasteiger partial charge in [-0.3, -0.25) is 9.67 Å². The van der Waals surface area contributed by atoms with Crippen LogP contribution in [0.1, 0.15) is 56.7 Å². The number of halogens is 1. The summed E-state index contributed by atoms with van der Waals surface area (Å²) in [5, 5.41) is 8.10. The molecule has 0 unspecified atom stereocenters. The molecule has 0 aliphatic carbocycles. The van der Waals surface area contributed by atoms with Gasteiger partial charge in [0.15, 0.2) is 5.96 Å². The molecule has 1 aromatic heterocycles. The zero-order valence-electron chi connectivity index (χ0n) is 17.2. The highest BCUT2D eigenvalue weighted by molar-refractivity contribution is 14.0. The Kier molecular flexibility index (Phi) is 10.5. The molecule has 1 saturated heterocycles. The van der Waals surface area contributed by atoms with Gasteiger partial charge >= 0.3 is 0 Å². The van der Waals surface area contributed by atoms with E-state index in [1.54, 1.807) is 0 Å². The third-order valence-electron chi connectivity index (χ3n) is 4.85. The molecule has 0 amide bonds. The largest absolute Gasteiger partial charge is 0.356 e. The Morgan fingerprint density at radius 2 is 2.00 bits per heavy atom. The van der Waals surface area contributed by atoms with E-state index in [4.69, 9.17) is 0 Å². The maximum Gasteiger partial charge on any atom is 0.193 e.